The number of aromatic nitrogens is 1. The van der Waals surface area contributed by atoms with Crippen LogP contribution in [0.3, 0.4) is 0 Å². The van der Waals surface area contributed by atoms with Crippen molar-refractivity contribution in [2.24, 2.45) is 5.92 Å². The first-order valence-electron chi connectivity index (χ1n) is 12.2. The Kier molecular flexibility index (Phi) is 6.91. The Labute approximate surface area is 200 Å². The summed E-state index contributed by atoms with van der Waals surface area (Å²) in [5, 5.41) is 2.32. The summed E-state index contributed by atoms with van der Waals surface area (Å²) in [6, 6.07) is 3.08. The number of nitrogens with zero attached hydrogens (tertiary/aromatic N) is 3. The number of hydrogen-bond acceptors (Lipinski definition) is 6. The highest BCUT2D eigenvalue weighted by molar-refractivity contribution is 6.05. The van der Waals surface area contributed by atoms with E-state index in [1.165, 1.54) is 4.90 Å². The van der Waals surface area contributed by atoms with E-state index in [1.807, 2.05) is 37.8 Å². The summed E-state index contributed by atoms with van der Waals surface area (Å²) < 4.78 is 5.47. The van der Waals surface area contributed by atoms with Crippen molar-refractivity contribution in [3.63, 3.8) is 0 Å². The molecule has 34 heavy (non-hydrogen) atoms. The number of hydrogen-bond donors (Lipinski definition) is 1. The van der Waals surface area contributed by atoms with Crippen LogP contribution in [-0.2, 0) is 27.3 Å². The maximum atomic E-state index is 12.8. The van der Waals surface area contributed by atoms with Crippen LogP contribution in [0.5, 0.6) is 0 Å². The zero-order valence-electron chi connectivity index (χ0n) is 20.3. The number of amides is 4. The van der Waals surface area contributed by atoms with E-state index in [0.717, 1.165) is 50.9 Å². The number of piperidine rings is 1. The summed E-state index contributed by atoms with van der Waals surface area (Å²) >= 11 is 0. The molecule has 3 aliphatic rings. The number of imide groups is 1. The minimum absolute atomic E-state index is 0.195. The molecule has 1 N–H and O–H groups in total. The lowest BCUT2D eigenvalue weighted by Gasteiger charge is -2.29. The first-order chi connectivity index (χ1) is 16.1. The fourth-order valence-electron chi connectivity index (χ4n) is 4.92. The fourth-order valence-corrected chi connectivity index (χ4v) is 4.92. The molecule has 2 fully saturated rings. The molecule has 1 aromatic heterocycles. The standard InChI is InChI=1S/C25H34N4O5/c1-25(2,3)34-24(33)28-13-12-16(14-28)6-4-5-7-17-8-9-18-19(26-17)15-29(23(18)32)20-10-11-21(30)27-22(20)31/h8-9,16,20H,4-7,10-15H2,1-3H3,(H,27,30,31). The van der Waals surface area contributed by atoms with Gasteiger partial charge in [-0.25, -0.2) is 4.79 Å². The highest BCUT2D eigenvalue weighted by atomic mass is 16.6. The van der Waals surface area contributed by atoms with Crippen LogP contribution in [0, 0.1) is 5.92 Å². The van der Waals surface area contributed by atoms with Crippen molar-refractivity contribution in [1.82, 2.24) is 20.1 Å². The van der Waals surface area contributed by atoms with E-state index in [4.69, 9.17) is 9.72 Å². The van der Waals surface area contributed by atoms with Gasteiger partial charge in [0.15, 0.2) is 0 Å². The summed E-state index contributed by atoms with van der Waals surface area (Å²) in [6.07, 6.45) is 5.29. The van der Waals surface area contributed by atoms with Crippen molar-refractivity contribution >= 4 is 23.8 Å². The van der Waals surface area contributed by atoms with E-state index in [1.54, 1.807) is 0 Å². The fraction of sp³-hybridized carbons (Fsp3) is 0.640. The van der Waals surface area contributed by atoms with Gasteiger partial charge < -0.3 is 14.5 Å². The van der Waals surface area contributed by atoms with Gasteiger partial charge in [0.05, 0.1) is 17.8 Å². The topological polar surface area (TPSA) is 109 Å². The molecule has 0 aliphatic carbocycles. The molecule has 4 amide bonds. The average molecular weight is 471 g/mol. The average Bonchev–Trinajstić information content (AvgIpc) is 3.35. The molecule has 2 saturated heterocycles. The van der Waals surface area contributed by atoms with Gasteiger partial charge in [0.2, 0.25) is 11.8 Å². The van der Waals surface area contributed by atoms with E-state index >= 15 is 0 Å². The molecule has 2 atom stereocenters. The van der Waals surface area contributed by atoms with Gasteiger partial charge in [0.1, 0.15) is 11.6 Å². The summed E-state index contributed by atoms with van der Waals surface area (Å²) in [4.78, 5) is 56.6. The number of carbonyl (C=O) groups is 4. The molecule has 1 aromatic rings. The number of nitrogens with one attached hydrogen (secondary N) is 1. The quantitative estimate of drug-likeness (QED) is 0.506. The monoisotopic (exact) mass is 470 g/mol. The Hall–Kier alpha value is -2.97. The van der Waals surface area contributed by atoms with E-state index in [0.29, 0.717) is 30.1 Å². The number of ether oxygens (including phenoxy) is 1. The minimum Gasteiger partial charge on any atom is -0.444 e. The molecular formula is C25H34N4O5. The highest BCUT2D eigenvalue weighted by Crippen LogP contribution is 2.27. The minimum atomic E-state index is -0.616. The second-order valence-corrected chi connectivity index (χ2v) is 10.5. The highest BCUT2D eigenvalue weighted by Gasteiger charge is 2.39. The first-order valence-corrected chi connectivity index (χ1v) is 12.2. The van der Waals surface area contributed by atoms with Crippen LogP contribution in [-0.4, -0.2) is 63.3 Å². The molecule has 0 saturated carbocycles. The summed E-state index contributed by atoms with van der Waals surface area (Å²) in [5.41, 5.74) is 1.72. The number of pyridine rings is 1. The zero-order valence-corrected chi connectivity index (χ0v) is 20.3. The van der Waals surface area contributed by atoms with Crippen LogP contribution in [0.15, 0.2) is 12.1 Å². The lowest BCUT2D eigenvalue weighted by Crippen LogP contribution is -2.52. The SMILES string of the molecule is CC(C)(C)OC(=O)N1CCC(CCCCc2ccc3c(n2)CN(C2CCC(=O)NC2=O)C3=O)C1. The van der Waals surface area contributed by atoms with Crippen LogP contribution in [0.2, 0.25) is 0 Å². The van der Waals surface area contributed by atoms with E-state index < -0.39 is 17.6 Å². The van der Waals surface area contributed by atoms with Gasteiger partial charge in [-0.05, 0) is 70.9 Å². The molecule has 0 spiro atoms. The van der Waals surface area contributed by atoms with Gasteiger partial charge in [-0.15, -0.1) is 0 Å². The Morgan fingerprint density at radius 3 is 2.71 bits per heavy atom. The maximum Gasteiger partial charge on any atom is 0.410 e. The third-order valence-corrected chi connectivity index (χ3v) is 6.66. The van der Waals surface area contributed by atoms with Crippen LogP contribution >= 0.6 is 0 Å². The van der Waals surface area contributed by atoms with Crippen molar-refractivity contribution < 1.29 is 23.9 Å². The Morgan fingerprint density at radius 2 is 1.97 bits per heavy atom. The number of unbranched alkanes of at least 4 members (excludes halogenated alkanes) is 1. The lowest BCUT2D eigenvalue weighted by atomic mass is 10.00. The van der Waals surface area contributed by atoms with Crippen LogP contribution in [0.25, 0.3) is 0 Å². The third-order valence-electron chi connectivity index (χ3n) is 6.66. The first kappa shape index (κ1) is 24.2. The number of rotatable bonds is 6. The maximum absolute atomic E-state index is 12.8. The molecule has 0 aromatic carbocycles. The second-order valence-electron chi connectivity index (χ2n) is 10.5. The van der Waals surface area contributed by atoms with Crippen LogP contribution in [0.1, 0.15) is 81.0 Å². The number of fused-ring (bicyclic) bond motifs is 1. The van der Waals surface area contributed by atoms with E-state index in [9.17, 15) is 19.2 Å². The third kappa shape index (κ3) is 5.56. The van der Waals surface area contributed by atoms with Crippen molar-refractivity contribution in [3.05, 3.63) is 29.1 Å². The molecule has 9 nitrogen and oxygen atoms in total. The molecule has 0 bridgehead atoms. The van der Waals surface area contributed by atoms with Gasteiger partial charge >= 0.3 is 6.09 Å². The Bertz CT molecular complexity index is 986. The molecule has 184 valence electrons. The predicted molar refractivity (Wildman–Crippen MR) is 124 cm³/mol. The summed E-state index contributed by atoms with van der Waals surface area (Å²) in [6.45, 7) is 7.46. The van der Waals surface area contributed by atoms with E-state index in [-0.39, 0.29) is 24.3 Å². The van der Waals surface area contributed by atoms with E-state index in [2.05, 4.69) is 5.32 Å². The molecule has 9 heteroatoms. The van der Waals surface area contributed by atoms with Gasteiger partial charge in [-0.2, -0.15) is 0 Å². The van der Waals surface area contributed by atoms with Crippen LogP contribution in [0.4, 0.5) is 4.79 Å². The lowest BCUT2D eigenvalue weighted by molar-refractivity contribution is -0.136. The molecule has 0 radical (unpaired) electrons. The van der Waals surface area contributed by atoms with Crippen molar-refractivity contribution in [1.29, 1.82) is 0 Å². The summed E-state index contributed by atoms with van der Waals surface area (Å²) in [5.74, 6) is -0.393. The van der Waals surface area contributed by atoms with Crippen LogP contribution < -0.4 is 5.32 Å². The molecule has 4 rings (SSSR count). The normalized spacial score (nSPS) is 22.7. The number of likely N-dealkylation sites (tertiary alicyclic amines) is 1. The van der Waals surface area contributed by atoms with Crippen molar-refractivity contribution in [2.45, 2.75) is 83.9 Å². The molecule has 3 aliphatic heterocycles. The Morgan fingerprint density at radius 1 is 1.18 bits per heavy atom. The molecule has 2 unspecified atom stereocenters. The summed E-state index contributed by atoms with van der Waals surface area (Å²) in [7, 11) is 0. The van der Waals surface area contributed by atoms with Crippen molar-refractivity contribution in [2.75, 3.05) is 13.1 Å². The van der Waals surface area contributed by atoms with Gasteiger partial charge in [-0.3, -0.25) is 24.7 Å². The smallest absolute Gasteiger partial charge is 0.410 e. The predicted octanol–water partition coefficient (Wildman–Crippen LogP) is 2.81. The second kappa shape index (κ2) is 9.72. The zero-order chi connectivity index (χ0) is 24.5. The molecule has 4 heterocycles. The number of aryl methyl sites for hydroxylation is 1. The number of carbonyl (C=O) groups excluding carboxylic acids is 4. The van der Waals surface area contributed by atoms with Gasteiger partial charge in [0.25, 0.3) is 5.91 Å². The largest absolute Gasteiger partial charge is 0.444 e. The van der Waals surface area contributed by atoms with Gasteiger partial charge in [0, 0.05) is 25.2 Å². The Balaban J connectivity index is 1.23. The van der Waals surface area contributed by atoms with Gasteiger partial charge in [-0.1, -0.05) is 6.42 Å². The molecular weight excluding hydrogens is 436 g/mol. The van der Waals surface area contributed by atoms with Crippen molar-refractivity contribution in [3.8, 4) is 0 Å².